The molecule has 2 heterocycles. The summed E-state index contributed by atoms with van der Waals surface area (Å²) in [6, 6.07) is 11.5. The molecule has 196 valence electrons. The van der Waals surface area contributed by atoms with Gasteiger partial charge in [0.2, 0.25) is 0 Å². The number of alkyl halides is 3. The van der Waals surface area contributed by atoms with Gasteiger partial charge in [-0.05, 0) is 73.4 Å². The van der Waals surface area contributed by atoms with Crippen molar-refractivity contribution in [3.8, 4) is 0 Å². The third-order valence-corrected chi connectivity index (χ3v) is 7.24. The van der Waals surface area contributed by atoms with E-state index in [4.69, 9.17) is 0 Å². The number of urea groups is 1. The summed E-state index contributed by atoms with van der Waals surface area (Å²) in [5, 5.41) is 5.26. The molecule has 1 aromatic heterocycles. The van der Waals surface area contributed by atoms with E-state index in [2.05, 4.69) is 20.3 Å². The average Bonchev–Trinajstić information content (AvgIpc) is 2.88. The van der Waals surface area contributed by atoms with Crippen LogP contribution in [-0.4, -0.2) is 32.5 Å². The zero-order valence-electron chi connectivity index (χ0n) is 19.8. The number of hydrogen-bond donors (Lipinski definition) is 3. The Balaban J connectivity index is 1.48. The zero-order valence-corrected chi connectivity index (χ0v) is 20.6. The highest BCUT2D eigenvalue weighted by Crippen LogP contribution is 2.37. The maximum Gasteiger partial charge on any atom is 0.416 e. The van der Waals surface area contributed by atoms with Crippen LogP contribution in [0.5, 0.6) is 0 Å². The maximum absolute atomic E-state index is 13.4. The van der Waals surface area contributed by atoms with E-state index in [0.29, 0.717) is 24.5 Å². The Morgan fingerprint density at radius 2 is 1.73 bits per heavy atom. The number of amides is 2. The van der Waals surface area contributed by atoms with Crippen molar-refractivity contribution in [1.82, 2.24) is 10.3 Å². The molecule has 3 aromatic rings. The van der Waals surface area contributed by atoms with E-state index < -0.39 is 27.8 Å². The first-order chi connectivity index (χ1) is 17.6. The molecule has 0 spiro atoms. The van der Waals surface area contributed by atoms with Gasteiger partial charge < -0.3 is 15.5 Å². The van der Waals surface area contributed by atoms with E-state index in [1.54, 1.807) is 24.5 Å². The summed E-state index contributed by atoms with van der Waals surface area (Å²) in [6.45, 7) is 1.51. The summed E-state index contributed by atoms with van der Waals surface area (Å²) in [5.41, 5.74) is 0.482. The monoisotopic (exact) mass is 533 g/mol. The van der Waals surface area contributed by atoms with Crippen LogP contribution in [0.2, 0.25) is 0 Å². The van der Waals surface area contributed by atoms with Gasteiger partial charge in [0.1, 0.15) is 0 Å². The Bertz CT molecular complexity index is 1330. The minimum atomic E-state index is -4.62. The predicted molar refractivity (Wildman–Crippen MR) is 135 cm³/mol. The molecule has 12 heteroatoms. The summed E-state index contributed by atoms with van der Waals surface area (Å²) < 4.78 is 68.6. The second-order valence-electron chi connectivity index (χ2n) is 8.58. The molecule has 0 atom stereocenters. The third-order valence-electron chi connectivity index (χ3n) is 5.86. The molecular weight excluding hydrogens is 507 g/mol. The second kappa shape index (κ2) is 11.1. The third kappa shape index (κ3) is 6.91. The number of nitrogens with zero attached hydrogens (tertiary/aromatic N) is 2. The van der Waals surface area contributed by atoms with Crippen molar-refractivity contribution in [2.45, 2.75) is 36.9 Å². The van der Waals surface area contributed by atoms with Crippen LogP contribution >= 0.6 is 0 Å². The van der Waals surface area contributed by atoms with Crippen LogP contribution in [0.1, 0.15) is 30.4 Å². The molecule has 1 saturated heterocycles. The molecule has 0 aliphatic carbocycles. The van der Waals surface area contributed by atoms with Gasteiger partial charge in [-0.15, -0.1) is 0 Å². The molecule has 1 aliphatic heterocycles. The SMILES string of the molecule is O=C(NCc1cccnc1)Nc1ccc(S(=O)(=O)Nc2cc(C(F)(F)F)ccc2N2CCCCC2)cc1. The van der Waals surface area contributed by atoms with Gasteiger partial charge in [-0.2, -0.15) is 13.2 Å². The minimum absolute atomic E-state index is 0.131. The van der Waals surface area contributed by atoms with Crippen molar-refractivity contribution >= 4 is 33.1 Å². The van der Waals surface area contributed by atoms with E-state index in [-0.39, 0.29) is 17.1 Å². The number of carbonyl (C=O) groups is 1. The van der Waals surface area contributed by atoms with Crippen LogP contribution in [-0.2, 0) is 22.7 Å². The van der Waals surface area contributed by atoms with Gasteiger partial charge in [-0.1, -0.05) is 6.07 Å². The Hall–Kier alpha value is -3.80. The lowest BCUT2D eigenvalue weighted by atomic mass is 10.1. The number of carbonyl (C=O) groups excluding carboxylic acids is 1. The van der Waals surface area contributed by atoms with E-state index in [9.17, 15) is 26.4 Å². The fraction of sp³-hybridized carbons (Fsp3) is 0.280. The first-order valence-corrected chi connectivity index (χ1v) is 13.1. The second-order valence-corrected chi connectivity index (χ2v) is 10.3. The lowest BCUT2D eigenvalue weighted by Crippen LogP contribution is -2.30. The van der Waals surface area contributed by atoms with E-state index >= 15 is 0 Å². The number of sulfonamides is 1. The zero-order chi connectivity index (χ0) is 26.5. The summed E-state index contributed by atoms with van der Waals surface area (Å²) >= 11 is 0. The van der Waals surface area contributed by atoms with Gasteiger partial charge in [-0.25, -0.2) is 13.2 Å². The lowest BCUT2D eigenvalue weighted by molar-refractivity contribution is -0.137. The van der Waals surface area contributed by atoms with Crippen LogP contribution < -0.4 is 20.3 Å². The number of piperidine rings is 1. The number of nitrogens with one attached hydrogen (secondary N) is 3. The Morgan fingerprint density at radius 1 is 1.00 bits per heavy atom. The molecule has 37 heavy (non-hydrogen) atoms. The summed E-state index contributed by atoms with van der Waals surface area (Å²) in [5.74, 6) is 0. The number of rotatable bonds is 7. The van der Waals surface area contributed by atoms with Gasteiger partial charge in [0.05, 0.1) is 21.8 Å². The molecule has 8 nitrogen and oxygen atoms in total. The molecule has 0 saturated carbocycles. The number of halogens is 3. The first-order valence-electron chi connectivity index (χ1n) is 11.6. The smallest absolute Gasteiger partial charge is 0.370 e. The van der Waals surface area contributed by atoms with E-state index in [1.807, 2.05) is 4.90 Å². The number of anilines is 3. The van der Waals surface area contributed by atoms with Crippen molar-refractivity contribution in [1.29, 1.82) is 0 Å². The van der Waals surface area contributed by atoms with Gasteiger partial charge in [-0.3, -0.25) is 9.71 Å². The molecule has 1 aliphatic rings. The van der Waals surface area contributed by atoms with E-state index in [0.717, 1.165) is 37.0 Å². The first kappa shape index (κ1) is 26.3. The van der Waals surface area contributed by atoms with Crippen molar-refractivity contribution in [2.75, 3.05) is 28.0 Å². The Kier molecular flexibility index (Phi) is 7.86. The number of aromatic nitrogens is 1. The van der Waals surface area contributed by atoms with Gasteiger partial charge in [0.15, 0.2) is 0 Å². The summed E-state index contributed by atoms with van der Waals surface area (Å²) in [7, 11) is -4.21. The molecule has 2 aromatic carbocycles. The quantitative estimate of drug-likeness (QED) is 0.387. The molecule has 4 rings (SSSR count). The normalized spacial score (nSPS) is 14.2. The molecule has 1 fully saturated rings. The van der Waals surface area contributed by atoms with Crippen molar-refractivity contribution in [2.24, 2.45) is 0 Å². The summed E-state index contributed by atoms with van der Waals surface area (Å²) in [4.78, 5) is 17.8. The van der Waals surface area contributed by atoms with Gasteiger partial charge >= 0.3 is 12.2 Å². The number of pyridine rings is 1. The predicted octanol–water partition coefficient (Wildman–Crippen LogP) is 5.21. The van der Waals surface area contributed by atoms with Crippen molar-refractivity contribution in [3.63, 3.8) is 0 Å². The molecule has 3 N–H and O–H groups in total. The highest BCUT2D eigenvalue weighted by molar-refractivity contribution is 7.92. The van der Waals surface area contributed by atoms with E-state index in [1.165, 1.54) is 30.3 Å². The van der Waals surface area contributed by atoms with Crippen molar-refractivity contribution < 1.29 is 26.4 Å². The van der Waals surface area contributed by atoms with Crippen molar-refractivity contribution in [3.05, 3.63) is 78.1 Å². The Morgan fingerprint density at radius 3 is 2.38 bits per heavy atom. The van der Waals surface area contributed by atoms with Gasteiger partial charge in [0.25, 0.3) is 10.0 Å². The highest BCUT2D eigenvalue weighted by Gasteiger charge is 2.32. The molecular formula is C25H26F3N5O3S. The Labute approximate surface area is 213 Å². The van der Waals surface area contributed by atoms with Crippen LogP contribution in [0.15, 0.2) is 71.9 Å². The van der Waals surface area contributed by atoms with Crippen LogP contribution in [0, 0.1) is 0 Å². The van der Waals surface area contributed by atoms with Crippen LogP contribution in [0.4, 0.5) is 35.0 Å². The van der Waals surface area contributed by atoms with Crippen LogP contribution in [0.3, 0.4) is 0 Å². The molecule has 2 amide bonds. The largest absolute Gasteiger partial charge is 0.416 e. The highest BCUT2D eigenvalue weighted by atomic mass is 32.2. The summed E-state index contributed by atoms with van der Waals surface area (Å²) in [6.07, 6.45) is 1.38. The maximum atomic E-state index is 13.4. The fourth-order valence-corrected chi connectivity index (χ4v) is 5.05. The standard InChI is InChI=1S/C25H26F3N5O3S/c26-25(27,28)19-6-11-23(33-13-2-1-3-14-33)22(15-19)32-37(35,36)21-9-7-20(8-10-21)31-24(34)30-17-18-5-4-12-29-16-18/h4-12,15-16,32H,1-3,13-14,17H2,(H2,30,31,34). The molecule has 0 unspecified atom stereocenters. The number of benzene rings is 2. The molecule has 0 radical (unpaired) electrons. The fourth-order valence-electron chi connectivity index (χ4n) is 3.99. The average molecular weight is 534 g/mol. The molecule has 0 bridgehead atoms. The van der Waals surface area contributed by atoms with Gasteiger partial charge in [0, 0.05) is 37.7 Å². The lowest BCUT2D eigenvalue weighted by Gasteiger charge is -2.31. The van der Waals surface area contributed by atoms with Crippen LogP contribution in [0.25, 0.3) is 0 Å². The minimum Gasteiger partial charge on any atom is -0.370 e. The topological polar surface area (TPSA) is 103 Å². The number of hydrogen-bond acceptors (Lipinski definition) is 5.